The molecule has 124 valence electrons. The van der Waals surface area contributed by atoms with Crippen LogP contribution in [0.1, 0.15) is 0 Å². The van der Waals surface area contributed by atoms with E-state index >= 15 is 0 Å². The van der Waals surface area contributed by atoms with Crippen molar-refractivity contribution in [2.75, 3.05) is 0 Å². The van der Waals surface area contributed by atoms with Crippen molar-refractivity contribution < 1.29 is 0 Å². The molecule has 3 heteroatoms. The second-order valence-electron chi connectivity index (χ2n) is 6.97. The zero-order valence-electron chi connectivity index (χ0n) is 14.6. The number of nitrogens with zero attached hydrogens (tertiary/aromatic N) is 1. The number of aromatic amines is 1. The Labute approximate surface area is 157 Å². The van der Waals surface area contributed by atoms with Crippen molar-refractivity contribution in [3.63, 3.8) is 0 Å². The van der Waals surface area contributed by atoms with Crippen molar-refractivity contribution in [3.05, 3.63) is 84.9 Å². The highest BCUT2D eigenvalue weighted by Crippen LogP contribution is 2.37. The summed E-state index contributed by atoms with van der Waals surface area (Å²) in [5.74, 6) is 0. The molecule has 0 aliphatic heterocycles. The first kappa shape index (κ1) is 14.7. The molecule has 0 spiro atoms. The molecule has 27 heavy (non-hydrogen) atoms. The van der Waals surface area contributed by atoms with Crippen molar-refractivity contribution in [1.82, 2.24) is 9.55 Å². The largest absolute Gasteiger partial charge is 0.354 e. The number of H-pyrrole nitrogens is 1. The summed E-state index contributed by atoms with van der Waals surface area (Å²) in [6.07, 6.45) is 0. The average molecular weight is 342 g/mol. The molecular weight excluding hydrogens is 327 g/mol. The molecule has 0 saturated carbocycles. The van der Waals surface area contributed by atoms with Crippen LogP contribution < -0.4 is 5.46 Å². The molecule has 0 aliphatic carbocycles. The molecule has 2 radical (unpaired) electrons. The standard InChI is InChI=1S/C24H15BN2/c25-19-14-18-16-10-4-6-12-20(16)26-23(18)22-17-11-5-7-13-21(17)27(24(19)22)15-8-2-1-3-9-15/h1-14,26H. The first-order valence-electron chi connectivity index (χ1n) is 9.10. The van der Waals surface area contributed by atoms with Gasteiger partial charge in [-0.15, -0.1) is 0 Å². The third-order valence-corrected chi connectivity index (χ3v) is 5.46. The van der Waals surface area contributed by atoms with Gasteiger partial charge in [0.1, 0.15) is 7.85 Å². The number of fused-ring (bicyclic) bond motifs is 7. The molecular formula is C24H15BN2. The van der Waals surface area contributed by atoms with Gasteiger partial charge < -0.3 is 9.55 Å². The summed E-state index contributed by atoms with van der Waals surface area (Å²) in [5.41, 5.74) is 6.41. The van der Waals surface area contributed by atoms with E-state index in [0.29, 0.717) is 0 Å². The van der Waals surface area contributed by atoms with Crippen LogP contribution in [-0.2, 0) is 0 Å². The van der Waals surface area contributed by atoms with Crippen molar-refractivity contribution in [2.45, 2.75) is 0 Å². The van der Waals surface area contributed by atoms with Gasteiger partial charge in [-0.2, -0.15) is 0 Å². The van der Waals surface area contributed by atoms with Crippen molar-refractivity contribution in [3.8, 4) is 5.69 Å². The predicted molar refractivity (Wildman–Crippen MR) is 116 cm³/mol. The number of para-hydroxylation sites is 3. The van der Waals surface area contributed by atoms with E-state index in [9.17, 15) is 0 Å². The average Bonchev–Trinajstić information content (AvgIpc) is 3.25. The summed E-state index contributed by atoms with van der Waals surface area (Å²) < 4.78 is 2.27. The van der Waals surface area contributed by atoms with Crippen LogP contribution in [-0.4, -0.2) is 17.4 Å². The van der Waals surface area contributed by atoms with E-state index in [1.54, 1.807) is 0 Å². The molecule has 0 unspecified atom stereocenters. The quantitative estimate of drug-likeness (QED) is 0.396. The van der Waals surface area contributed by atoms with Crippen LogP contribution in [0.15, 0.2) is 84.9 Å². The monoisotopic (exact) mass is 342 g/mol. The van der Waals surface area contributed by atoms with Gasteiger partial charge in [-0.1, -0.05) is 66.1 Å². The lowest BCUT2D eigenvalue weighted by Crippen LogP contribution is -2.08. The predicted octanol–water partition coefficient (Wildman–Crippen LogP) is 5.21. The summed E-state index contributed by atoms with van der Waals surface area (Å²) in [7, 11) is 6.64. The molecule has 2 heterocycles. The molecule has 6 rings (SSSR count). The van der Waals surface area contributed by atoms with E-state index in [0.717, 1.165) is 33.2 Å². The second kappa shape index (κ2) is 5.27. The normalized spacial score (nSPS) is 11.9. The highest BCUT2D eigenvalue weighted by atomic mass is 15.0. The Bertz CT molecular complexity index is 1470. The summed E-state index contributed by atoms with van der Waals surface area (Å²) in [6.45, 7) is 0. The van der Waals surface area contributed by atoms with Crippen molar-refractivity contribution >= 4 is 56.9 Å². The van der Waals surface area contributed by atoms with Crippen LogP contribution in [0, 0.1) is 0 Å². The molecule has 0 atom stereocenters. The Kier molecular flexibility index (Phi) is 2.87. The van der Waals surface area contributed by atoms with Crippen LogP contribution in [0.4, 0.5) is 0 Å². The second-order valence-corrected chi connectivity index (χ2v) is 6.97. The van der Waals surface area contributed by atoms with Crippen molar-refractivity contribution in [1.29, 1.82) is 0 Å². The number of nitrogens with one attached hydrogen (secondary N) is 1. The fraction of sp³-hybridized carbons (Fsp3) is 0. The van der Waals surface area contributed by atoms with Crippen LogP contribution in [0.2, 0.25) is 0 Å². The number of benzene rings is 4. The molecule has 0 amide bonds. The summed E-state index contributed by atoms with van der Waals surface area (Å²) in [5, 5.41) is 4.77. The first-order valence-corrected chi connectivity index (χ1v) is 9.10. The minimum absolute atomic E-state index is 0.794. The lowest BCUT2D eigenvalue weighted by Gasteiger charge is -2.10. The maximum Gasteiger partial charge on any atom is 0.116 e. The summed E-state index contributed by atoms with van der Waals surface area (Å²) >= 11 is 0. The number of aromatic nitrogens is 2. The first-order chi connectivity index (χ1) is 13.3. The minimum atomic E-state index is 0.794. The smallest absolute Gasteiger partial charge is 0.116 e. The minimum Gasteiger partial charge on any atom is -0.354 e. The van der Waals surface area contributed by atoms with E-state index in [1.807, 2.05) is 6.07 Å². The van der Waals surface area contributed by atoms with Gasteiger partial charge in [0.15, 0.2) is 0 Å². The molecule has 1 N–H and O–H groups in total. The highest BCUT2D eigenvalue weighted by Gasteiger charge is 2.18. The lowest BCUT2D eigenvalue weighted by molar-refractivity contribution is 1.19. The summed E-state index contributed by atoms with van der Waals surface area (Å²) in [4.78, 5) is 3.64. The number of rotatable bonds is 1. The Morgan fingerprint density at radius 2 is 1.41 bits per heavy atom. The topological polar surface area (TPSA) is 20.7 Å². The fourth-order valence-electron chi connectivity index (χ4n) is 4.35. The van der Waals surface area contributed by atoms with Gasteiger partial charge in [0, 0.05) is 38.3 Å². The van der Waals surface area contributed by atoms with E-state index in [4.69, 9.17) is 7.85 Å². The summed E-state index contributed by atoms with van der Waals surface area (Å²) in [6, 6.07) is 29.4. The molecule has 2 nitrogen and oxygen atoms in total. The Morgan fingerprint density at radius 1 is 0.704 bits per heavy atom. The highest BCUT2D eigenvalue weighted by molar-refractivity contribution is 6.43. The van der Waals surface area contributed by atoms with Crippen molar-refractivity contribution in [2.24, 2.45) is 0 Å². The van der Waals surface area contributed by atoms with Gasteiger partial charge in [-0.3, -0.25) is 0 Å². The zero-order chi connectivity index (χ0) is 18.0. The number of hydrogen-bond donors (Lipinski definition) is 1. The third kappa shape index (κ3) is 1.91. The lowest BCUT2D eigenvalue weighted by atomic mass is 9.91. The molecule has 2 aromatic heterocycles. The maximum absolute atomic E-state index is 6.64. The molecule has 6 aromatic rings. The Hall–Kier alpha value is -3.46. The Morgan fingerprint density at radius 3 is 2.26 bits per heavy atom. The molecule has 0 bridgehead atoms. The molecule has 0 fully saturated rings. The van der Waals surface area contributed by atoms with Gasteiger partial charge in [0.2, 0.25) is 0 Å². The number of hydrogen-bond acceptors (Lipinski definition) is 0. The van der Waals surface area contributed by atoms with Crippen LogP contribution in [0.25, 0.3) is 49.3 Å². The fourth-order valence-corrected chi connectivity index (χ4v) is 4.35. The van der Waals surface area contributed by atoms with Gasteiger partial charge in [0.25, 0.3) is 0 Å². The van der Waals surface area contributed by atoms with Gasteiger partial charge in [-0.05, 0) is 24.3 Å². The maximum atomic E-state index is 6.64. The zero-order valence-corrected chi connectivity index (χ0v) is 14.6. The molecule has 0 saturated heterocycles. The SMILES string of the molecule is [B]c1cc2c3ccccc3[nH]c2c2c3ccccc3n(-c3ccccc3)c12. The van der Waals surface area contributed by atoms with E-state index in [-0.39, 0.29) is 0 Å². The van der Waals surface area contributed by atoms with Gasteiger partial charge in [0.05, 0.1) is 11.0 Å². The van der Waals surface area contributed by atoms with Gasteiger partial charge >= 0.3 is 0 Å². The van der Waals surface area contributed by atoms with E-state index in [2.05, 4.69) is 88.4 Å². The molecule has 4 aromatic carbocycles. The third-order valence-electron chi connectivity index (χ3n) is 5.46. The van der Waals surface area contributed by atoms with Gasteiger partial charge in [-0.25, -0.2) is 0 Å². The van der Waals surface area contributed by atoms with Crippen LogP contribution in [0.5, 0.6) is 0 Å². The van der Waals surface area contributed by atoms with Crippen LogP contribution >= 0.6 is 0 Å². The Balaban J connectivity index is 1.93. The van der Waals surface area contributed by atoms with E-state index < -0.39 is 0 Å². The van der Waals surface area contributed by atoms with Crippen LogP contribution in [0.3, 0.4) is 0 Å². The molecule has 0 aliphatic rings. The van der Waals surface area contributed by atoms with E-state index in [1.165, 1.54) is 21.5 Å².